The molecule has 0 atom stereocenters. The molecule has 2 rings (SSSR count). The van der Waals surface area contributed by atoms with Crippen molar-refractivity contribution in [1.82, 2.24) is 0 Å². The van der Waals surface area contributed by atoms with E-state index >= 15 is 0 Å². The normalized spacial score (nSPS) is 9.89. The Balaban J connectivity index is 2.49. The van der Waals surface area contributed by atoms with Crippen LogP contribution in [0.3, 0.4) is 0 Å². The topological polar surface area (TPSA) is 35.5 Å². The summed E-state index contributed by atoms with van der Waals surface area (Å²) in [5, 5.41) is 0. The van der Waals surface area contributed by atoms with Gasteiger partial charge in [-0.05, 0) is 41.5 Å². The fourth-order valence-electron chi connectivity index (χ4n) is 1.79. The highest BCUT2D eigenvalue weighted by Gasteiger charge is 2.06. The first-order valence-corrected chi connectivity index (χ1v) is 5.56. The van der Waals surface area contributed by atoms with Crippen molar-refractivity contribution in [3.63, 3.8) is 0 Å². The molecule has 0 heterocycles. The third-order valence-electron chi connectivity index (χ3n) is 2.79. The van der Waals surface area contributed by atoms with Gasteiger partial charge in [0.2, 0.25) is 0 Å². The minimum atomic E-state index is 0.640. The molecule has 3 nitrogen and oxygen atoms in total. The second-order valence-electron chi connectivity index (χ2n) is 3.80. The van der Waals surface area contributed by atoms with Crippen LogP contribution in [-0.4, -0.2) is 20.5 Å². The summed E-state index contributed by atoms with van der Waals surface area (Å²) in [6.07, 6.45) is 0.846. The maximum Gasteiger partial charge on any atom is 0.150 e. The Bertz CT molecular complexity index is 544. The monoisotopic (exact) mass is 242 g/mol. The van der Waals surface area contributed by atoms with Crippen LogP contribution in [0.1, 0.15) is 10.4 Å². The number of carbonyl (C=O) groups is 1. The average molecular weight is 242 g/mol. The number of benzene rings is 2. The first kappa shape index (κ1) is 12.2. The number of carbonyl (C=O) groups excluding carboxylic acids is 1. The van der Waals surface area contributed by atoms with Gasteiger partial charge in [-0.15, -0.1) is 0 Å². The van der Waals surface area contributed by atoms with Gasteiger partial charge in [-0.25, -0.2) is 0 Å². The van der Waals surface area contributed by atoms with E-state index in [2.05, 4.69) is 0 Å². The van der Waals surface area contributed by atoms with E-state index < -0.39 is 0 Å². The summed E-state index contributed by atoms with van der Waals surface area (Å²) >= 11 is 0. The maximum atomic E-state index is 11.1. The van der Waals surface area contributed by atoms with Gasteiger partial charge in [0.15, 0.2) is 6.29 Å². The minimum Gasteiger partial charge on any atom is -0.497 e. The van der Waals surface area contributed by atoms with Crippen LogP contribution in [0.25, 0.3) is 11.1 Å². The van der Waals surface area contributed by atoms with Crippen molar-refractivity contribution < 1.29 is 14.3 Å². The molecule has 0 aliphatic rings. The lowest BCUT2D eigenvalue weighted by molar-refractivity contribution is 0.112. The minimum absolute atomic E-state index is 0.640. The first-order chi connectivity index (χ1) is 8.78. The third-order valence-corrected chi connectivity index (χ3v) is 2.79. The molecule has 18 heavy (non-hydrogen) atoms. The van der Waals surface area contributed by atoms with Crippen LogP contribution in [0.15, 0.2) is 42.5 Å². The van der Waals surface area contributed by atoms with E-state index in [9.17, 15) is 4.79 Å². The van der Waals surface area contributed by atoms with E-state index in [-0.39, 0.29) is 0 Å². The molecule has 0 radical (unpaired) electrons. The lowest BCUT2D eigenvalue weighted by Gasteiger charge is -2.08. The lowest BCUT2D eigenvalue weighted by Crippen LogP contribution is -1.90. The summed E-state index contributed by atoms with van der Waals surface area (Å²) in [5.41, 5.74) is 2.45. The SMILES string of the molecule is COc1ccc(-c2cc(OC)ccc2C=O)cc1. The number of aldehydes is 1. The van der Waals surface area contributed by atoms with Gasteiger partial charge in [0.05, 0.1) is 14.2 Å². The highest BCUT2D eigenvalue weighted by atomic mass is 16.5. The van der Waals surface area contributed by atoms with Crippen molar-refractivity contribution in [2.45, 2.75) is 0 Å². The van der Waals surface area contributed by atoms with Crippen LogP contribution in [0.4, 0.5) is 0 Å². The van der Waals surface area contributed by atoms with Crippen molar-refractivity contribution in [1.29, 1.82) is 0 Å². The van der Waals surface area contributed by atoms with Crippen LogP contribution >= 0.6 is 0 Å². The summed E-state index contributed by atoms with van der Waals surface area (Å²) in [7, 11) is 3.23. The zero-order chi connectivity index (χ0) is 13.0. The van der Waals surface area contributed by atoms with E-state index in [0.717, 1.165) is 28.9 Å². The standard InChI is InChI=1S/C15H14O3/c1-17-13-6-3-11(4-7-13)15-9-14(18-2)8-5-12(15)10-16/h3-10H,1-2H3. The number of rotatable bonds is 4. The summed E-state index contributed by atoms with van der Waals surface area (Å²) < 4.78 is 10.3. The molecule has 92 valence electrons. The molecule has 0 saturated carbocycles. The van der Waals surface area contributed by atoms with Crippen LogP contribution < -0.4 is 9.47 Å². The molecule has 0 bridgehead atoms. The van der Waals surface area contributed by atoms with Crippen molar-refractivity contribution in [2.75, 3.05) is 14.2 Å². The molecule has 2 aromatic carbocycles. The van der Waals surface area contributed by atoms with Crippen molar-refractivity contribution in [2.24, 2.45) is 0 Å². The summed E-state index contributed by atoms with van der Waals surface area (Å²) in [5.74, 6) is 1.51. The van der Waals surface area contributed by atoms with Crippen molar-refractivity contribution >= 4 is 6.29 Å². The Morgan fingerprint density at radius 3 is 2.06 bits per heavy atom. The Morgan fingerprint density at radius 1 is 0.889 bits per heavy atom. The predicted molar refractivity (Wildman–Crippen MR) is 70.4 cm³/mol. The Hall–Kier alpha value is -2.29. The van der Waals surface area contributed by atoms with Crippen LogP contribution in [0.2, 0.25) is 0 Å². The fourth-order valence-corrected chi connectivity index (χ4v) is 1.79. The molecule has 0 fully saturated rings. The molecule has 0 aliphatic heterocycles. The van der Waals surface area contributed by atoms with Crippen LogP contribution in [-0.2, 0) is 0 Å². The highest BCUT2D eigenvalue weighted by molar-refractivity contribution is 5.88. The molecular weight excluding hydrogens is 228 g/mol. The quantitative estimate of drug-likeness (QED) is 0.772. The smallest absolute Gasteiger partial charge is 0.150 e. The second-order valence-corrected chi connectivity index (χ2v) is 3.80. The van der Waals surface area contributed by atoms with Crippen molar-refractivity contribution in [3.8, 4) is 22.6 Å². The first-order valence-electron chi connectivity index (χ1n) is 5.56. The molecule has 0 unspecified atom stereocenters. The molecule has 2 aromatic rings. The van der Waals surface area contributed by atoms with E-state index in [1.54, 1.807) is 26.4 Å². The lowest BCUT2D eigenvalue weighted by atomic mass is 10.00. The van der Waals surface area contributed by atoms with Gasteiger partial charge < -0.3 is 9.47 Å². The Morgan fingerprint density at radius 2 is 1.50 bits per heavy atom. The predicted octanol–water partition coefficient (Wildman–Crippen LogP) is 3.18. The molecule has 0 aromatic heterocycles. The van der Waals surface area contributed by atoms with Gasteiger partial charge in [-0.1, -0.05) is 12.1 Å². The maximum absolute atomic E-state index is 11.1. The number of hydrogen-bond acceptors (Lipinski definition) is 3. The molecule has 0 spiro atoms. The molecule has 0 amide bonds. The fraction of sp³-hybridized carbons (Fsp3) is 0.133. The van der Waals surface area contributed by atoms with Crippen LogP contribution in [0, 0.1) is 0 Å². The van der Waals surface area contributed by atoms with E-state index in [1.165, 1.54) is 0 Å². The van der Waals surface area contributed by atoms with Gasteiger partial charge in [-0.2, -0.15) is 0 Å². The zero-order valence-corrected chi connectivity index (χ0v) is 10.3. The van der Waals surface area contributed by atoms with Gasteiger partial charge in [-0.3, -0.25) is 4.79 Å². The molecule has 0 aliphatic carbocycles. The van der Waals surface area contributed by atoms with Gasteiger partial charge in [0.25, 0.3) is 0 Å². The number of methoxy groups -OCH3 is 2. The zero-order valence-electron chi connectivity index (χ0n) is 10.3. The van der Waals surface area contributed by atoms with E-state index in [4.69, 9.17) is 9.47 Å². The third kappa shape index (κ3) is 2.35. The number of ether oxygens (including phenoxy) is 2. The Kier molecular flexibility index (Phi) is 3.63. The van der Waals surface area contributed by atoms with Gasteiger partial charge >= 0.3 is 0 Å². The average Bonchev–Trinajstić information content (AvgIpc) is 2.46. The van der Waals surface area contributed by atoms with Crippen molar-refractivity contribution in [3.05, 3.63) is 48.0 Å². The molecule has 0 saturated heterocycles. The molecular formula is C15H14O3. The summed E-state index contributed by atoms with van der Waals surface area (Å²) in [6, 6.07) is 12.9. The largest absolute Gasteiger partial charge is 0.497 e. The highest BCUT2D eigenvalue weighted by Crippen LogP contribution is 2.28. The van der Waals surface area contributed by atoms with Gasteiger partial charge in [0, 0.05) is 5.56 Å². The Labute approximate surface area is 106 Å². The van der Waals surface area contributed by atoms with E-state index in [1.807, 2.05) is 30.3 Å². The summed E-state index contributed by atoms with van der Waals surface area (Å²) in [6.45, 7) is 0. The van der Waals surface area contributed by atoms with Crippen LogP contribution in [0.5, 0.6) is 11.5 Å². The van der Waals surface area contributed by atoms with Gasteiger partial charge in [0.1, 0.15) is 11.5 Å². The summed E-state index contributed by atoms with van der Waals surface area (Å²) in [4.78, 5) is 11.1. The second kappa shape index (κ2) is 5.36. The number of hydrogen-bond donors (Lipinski definition) is 0. The van der Waals surface area contributed by atoms with E-state index in [0.29, 0.717) is 5.56 Å². The molecule has 0 N–H and O–H groups in total. The molecule has 3 heteroatoms.